The highest BCUT2D eigenvalue weighted by Crippen LogP contribution is 2.18. The zero-order valence-electron chi connectivity index (χ0n) is 8.25. The maximum Gasteiger partial charge on any atom is 0.151 e. The molecule has 0 radical (unpaired) electrons. The zero-order valence-corrected chi connectivity index (χ0v) is 9.01. The van der Waals surface area contributed by atoms with Gasteiger partial charge in [0.1, 0.15) is 5.15 Å². The number of rotatable bonds is 4. The van der Waals surface area contributed by atoms with Crippen LogP contribution in [0.3, 0.4) is 0 Å². The molecule has 0 spiro atoms. The first-order valence-corrected chi connectivity index (χ1v) is 4.70. The van der Waals surface area contributed by atoms with Crippen molar-refractivity contribution < 1.29 is 4.74 Å². The van der Waals surface area contributed by atoms with Crippen LogP contribution in [0.2, 0.25) is 5.15 Å². The van der Waals surface area contributed by atoms with Gasteiger partial charge in [-0.1, -0.05) is 11.6 Å². The average molecular weight is 216 g/mol. The van der Waals surface area contributed by atoms with Gasteiger partial charge in [0.05, 0.1) is 11.8 Å². The summed E-state index contributed by atoms with van der Waals surface area (Å²) in [5.74, 6) is 0.599. The predicted octanol–water partition coefficient (Wildman–Crippen LogP) is 1.76. The van der Waals surface area contributed by atoms with Crippen LogP contribution < -0.4 is 11.1 Å². The molecule has 0 aliphatic heterocycles. The van der Waals surface area contributed by atoms with Crippen molar-refractivity contribution in [1.29, 1.82) is 0 Å². The summed E-state index contributed by atoms with van der Waals surface area (Å²) in [6.45, 7) is 2.60. The van der Waals surface area contributed by atoms with E-state index in [1.165, 1.54) is 0 Å². The van der Waals surface area contributed by atoms with Crippen molar-refractivity contribution in [2.45, 2.75) is 13.0 Å². The van der Waals surface area contributed by atoms with Gasteiger partial charge in [-0.05, 0) is 19.1 Å². The molecule has 0 saturated carbocycles. The second kappa shape index (κ2) is 5.02. The first-order chi connectivity index (χ1) is 6.63. The third-order valence-corrected chi connectivity index (χ3v) is 2.06. The van der Waals surface area contributed by atoms with Gasteiger partial charge in [0, 0.05) is 13.7 Å². The van der Waals surface area contributed by atoms with E-state index in [0.717, 1.165) is 0 Å². The van der Waals surface area contributed by atoms with Crippen LogP contribution in [0.4, 0.5) is 11.5 Å². The summed E-state index contributed by atoms with van der Waals surface area (Å²) in [5.41, 5.74) is 6.27. The molecule has 1 heterocycles. The Labute approximate surface area is 88.4 Å². The van der Waals surface area contributed by atoms with Crippen molar-refractivity contribution in [2.75, 3.05) is 24.7 Å². The quantitative estimate of drug-likeness (QED) is 0.752. The molecular formula is C9H14ClN3O. The smallest absolute Gasteiger partial charge is 0.151 e. The molecule has 4 nitrogen and oxygen atoms in total. The molecule has 0 saturated heterocycles. The van der Waals surface area contributed by atoms with E-state index < -0.39 is 0 Å². The minimum atomic E-state index is 0.107. The number of nitrogen functional groups attached to an aromatic ring is 1. The van der Waals surface area contributed by atoms with Crippen LogP contribution in [0.15, 0.2) is 12.1 Å². The van der Waals surface area contributed by atoms with E-state index in [-0.39, 0.29) is 6.10 Å². The average Bonchev–Trinajstić information content (AvgIpc) is 2.19. The van der Waals surface area contributed by atoms with Crippen molar-refractivity contribution in [1.82, 2.24) is 4.98 Å². The summed E-state index contributed by atoms with van der Waals surface area (Å²) in [7, 11) is 1.65. The largest absolute Gasteiger partial charge is 0.396 e. The number of hydrogen-bond donors (Lipinski definition) is 2. The minimum Gasteiger partial charge on any atom is -0.396 e. The molecule has 1 aromatic heterocycles. The number of hydrogen-bond acceptors (Lipinski definition) is 4. The fraction of sp³-hybridized carbons (Fsp3) is 0.444. The van der Waals surface area contributed by atoms with E-state index in [1.54, 1.807) is 19.2 Å². The molecule has 0 bridgehead atoms. The van der Waals surface area contributed by atoms with Gasteiger partial charge in [-0.3, -0.25) is 0 Å². The van der Waals surface area contributed by atoms with E-state index in [2.05, 4.69) is 10.3 Å². The number of nitrogens with zero attached hydrogens (tertiary/aromatic N) is 1. The Balaban J connectivity index is 2.62. The fourth-order valence-corrected chi connectivity index (χ4v) is 1.06. The van der Waals surface area contributed by atoms with E-state index >= 15 is 0 Å². The van der Waals surface area contributed by atoms with Crippen LogP contribution in [-0.2, 0) is 4.74 Å². The van der Waals surface area contributed by atoms with Gasteiger partial charge >= 0.3 is 0 Å². The van der Waals surface area contributed by atoms with E-state index in [0.29, 0.717) is 23.2 Å². The van der Waals surface area contributed by atoms with Crippen molar-refractivity contribution in [2.24, 2.45) is 0 Å². The molecule has 1 rings (SSSR count). The number of halogens is 1. The van der Waals surface area contributed by atoms with Crippen molar-refractivity contribution >= 4 is 23.1 Å². The molecule has 78 valence electrons. The summed E-state index contributed by atoms with van der Waals surface area (Å²) in [5, 5.41) is 3.48. The van der Waals surface area contributed by atoms with Gasteiger partial charge < -0.3 is 15.8 Å². The standard InChI is InChI=1S/C9H14ClN3O/c1-6(14-2)5-12-9-7(11)3-4-8(10)13-9/h3-4,6H,5,11H2,1-2H3,(H,12,13). The van der Waals surface area contributed by atoms with Crippen LogP contribution in [-0.4, -0.2) is 24.7 Å². The Kier molecular flexibility index (Phi) is 3.98. The van der Waals surface area contributed by atoms with Gasteiger partial charge in [-0.15, -0.1) is 0 Å². The van der Waals surface area contributed by atoms with E-state index in [4.69, 9.17) is 22.1 Å². The van der Waals surface area contributed by atoms with E-state index in [1.807, 2.05) is 6.92 Å². The SMILES string of the molecule is COC(C)CNc1nc(Cl)ccc1N. The summed E-state index contributed by atoms with van der Waals surface area (Å²) in [4.78, 5) is 4.05. The fourth-order valence-electron chi connectivity index (χ4n) is 0.911. The lowest BCUT2D eigenvalue weighted by atomic mass is 10.3. The second-order valence-electron chi connectivity index (χ2n) is 3.00. The van der Waals surface area contributed by atoms with Crippen LogP contribution in [0.1, 0.15) is 6.92 Å². The Morgan fingerprint density at radius 2 is 2.36 bits per heavy atom. The molecule has 1 aromatic rings. The molecule has 0 aromatic carbocycles. The molecule has 0 aliphatic rings. The van der Waals surface area contributed by atoms with Crippen LogP contribution in [0, 0.1) is 0 Å². The topological polar surface area (TPSA) is 60.2 Å². The van der Waals surface area contributed by atoms with Crippen molar-refractivity contribution in [3.05, 3.63) is 17.3 Å². The Morgan fingerprint density at radius 3 is 3.00 bits per heavy atom. The molecular weight excluding hydrogens is 202 g/mol. The van der Waals surface area contributed by atoms with Crippen LogP contribution >= 0.6 is 11.6 Å². The summed E-state index contributed by atoms with van der Waals surface area (Å²) >= 11 is 5.73. The molecule has 1 unspecified atom stereocenters. The molecule has 14 heavy (non-hydrogen) atoms. The van der Waals surface area contributed by atoms with Crippen LogP contribution in [0.25, 0.3) is 0 Å². The lowest BCUT2D eigenvalue weighted by Gasteiger charge is -2.12. The number of pyridine rings is 1. The highest BCUT2D eigenvalue weighted by atomic mass is 35.5. The summed E-state index contributed by atoms with van der Waals surface area (Å²) in [6.07, 6.45) is 0.107. The van der Waals surface area contributed by atoms with Gasteiger partial charge in [-0.2, -0.15) is 0 Å². The Morgan fingerprint density at radius 1 is 1.64 bits per heavy atom. The number of nitrogens with one attached hydrogen (secondary N) is 1. The highest BCUT2D eigenvalue weighted by molar-refractivity contribution is 6.29. The highest BCUT2D eigenvalue weighted by Gasteiger charge is 2.03. The number of methoxy groups -OCH3 is 1. The molecule has 0 amide bonds. The van der Waals surface area contributed by atoms with Gasteiger partial charge in [0.15, 0.2) is 5.82 Å². The first-order valence-electron chi connectivity index (χ1n) is 4.32. The molecule has 0 aliphatic carbocycles. The van der Waals surface area contributed by atoms with Crippen molar-refractivity contribution in [3.8, 4) is 0 Å². The third kappa shape index (κ3) is 3.05. The number of anilines is 2. The Bertz CT molecular complexity index is 306. The minimum absolute atomic E-state index is 0.107. The molecule has 1 atom stereocenters. The van der Waals surface area contributed by atoms with Gasteiger partial charge in [-0.25, -0.2) is 4.98 Å². The molecule has 3 N–H and O–H groups in total. The zero-order chi connectivity index (χ0) is 10.6. The third-order valence-electron chi connectivity index (χ3n) is 1.85. The van der Waals surface area contributed by atoms with E-state index in [9.17, 15) is 0 Å². The molecule has 0 fully saturated rings. The van der Waals surface area contributed by atoms with Crippen molar-refractivity contribution in [3.63, 3.8) is 0 Å². The predicted molar refractivity (Wildman–Crippen MR) is 58.6 cm³/mol. The normalized spacial score (nSPS) is 12.5. The van der Waals surface area contributed by atoms with Gasteiger partial charge in [0.25, 0.3) is 0 Å². The number of aromatic nitrogens is 1. The van der Waals surface area contributed by atoms with Crippen LogP contribution in [0.5, 0.6) is 0 Å². The lowest BCUT2D eigenvalue weighted by Crippen LogP contribution is -2.19. The second-order valence-corrected chi connectivity index (χ2v) is 3.39. The maximum atomic E-state index is 5.73. The maximum absolute atomic E-state index is 5.73. The monoisotopic (exact) mass is 215 g/mol. The Hall–Kier alpha value is -1.00. The summed E-state index contributed by atoms with van der Waals surface area (Å²) < 4.78 is 5.08. The first kappa shape index (κ1) is 11.1. The summed E-state index contributed by atoms with van der Waals surface area (Å²) in [6, 6.07) is 3.37. The molecule has 5 heteroatoms. The lowest BCUT2D eigenvalue weighted by molar-refractivity contribution is 0.128. The van der Waals surface area contributed by atoms with Gasteiger partial charge in [0.2, 0.25) is 0 Å². The number of nitrogens with two attached hydrogens (primary N) is 1. The number of ether oxygens (including phenoxy) is 1.